The molecule has 7 heteroatoms. The Morgan fingerprint density at radius 3 is 2.95 bits per heavy atom. The minimum Gasteiger partial charge on any atom is -0.370 e. The van der Waals surface area contributed by atoms with E-state index in [1.54, 1.807) is 18.7 Å². The van der Waals surface area contributed by atoms with Gasteiger partial charge in [0.05, 0.1) is 6.54 Å². The first-order valence-electron chi connectivity index (χ1n) is 6.89. The molecule has 1 saturated heterocycles. The van der Waals surface area contributed by atoms with Crippen molar-refractivity contribution in [3.63, 3.8) is 0 Å². The van der Waals surface area contributed by atoms with Crippen LogP contribution in [-0.4, -0.2) is 50.0 Å². The highest BCUT2D eigenvalue weighted by atomic mass is 32.2. The maximum Gasteiger partial charge on any atom is 0.191 e. The summed E-state index contributed by atoms with van der Waals surface area (Å²) in [6.07, 6.45) is 7.12. The Kier molecular flexibility index (Phi) is 4.40. The zero-order chi connectivity index (χ0) is 14.5. The van der Waals surface area contributed by atoms with Crippen molar-refractivity contribution in [3.05, 3.63) is 42.6 Å². The molecule has 0 saturated carbocycles. The lowest BCUT2D eigenvalue weighted by Crippen LogP contribution is -2.42. The third-order valence-corrected chi connectivity index (χ3v) is 4.31. The van der Waals surface area contributed by atoms with E-state index in [9.17, 15) is 0 Å². The van der Waals surface area contributed by atoms with Crippen LogP contribution < -0.4 is 5.73 Å². The van der Waals surface area contributed by atoms with Crippen LogP contribution in [0.5, 0.6) is 0 Å². The molecular weight excluding hydrogens is 284 g/mol. The summed E-state index contributed by atoms with van der Waals surface area (Å²) in [5.74, 6) is 3.70. The van der Waals surface area contributed by atoms with Crippen molar-refractivity contribution in [2.45, 2.75) is 6.54 Å². The molecule has 6 nitrogen and oxygen atoms in total. The zero-order valence-corrected chi connectivity index (χ0v) is 12.5. The summed E-state index contributed by atoms with van der Waals surface area (Å²) < 4.78 is 1.89. The largest absolute Gasteiger partial charge is 0.370 e. The molecule has 0 aromatic carbocycles. The van der Waals surface area contributed by atoms with Gasteiger partial charge in [0.15, 0.2) is 5.96 Å². The van der Waals surface area contributed by atoms with Crippen LogP contribution in [0.25, 0.3) is 5.82 Å². The molecule has 0 aliphatic carbocycles. The van der Waals surface area contributed by atoms with Gasteiger partial charge in [0, 0.05) is 48.7 Å². The van der Waals surface area contributed by atoms with Gasteiger partial charge in [-0.05, 0) is 6.07 Å². The van der Waals surface area contributed by atoms with Gasteiger partial charge in [-0.2, -0.15) is 11.8 Å². The summed E-state index contributed by atoms with van der Waals surface area (Å²) in [5.41, 5.74) is 7.12. The molecule has 1 aliphatic rings. The Balaban J connectivity index is 1.76. The molecule has 2 aromatic rings. The summed E-state index contributed by atoms with van der Waals surface area (Å²) in [5, 5.41) is 0. The van der Waals surface area contributed by atoms with E-state index < -0.39 is 0 Å². The van der Waals surface area contributed by atoms with Gasteiger partial charge in [0.2, 0.25) is 0 Å². The highest BCUT2D eigenvalue weighted by molar-refractivity contribution is 7.99. The van der Waals surface area contributed by atoms with E-state index in [1.165, 1.54) is 0 Å². The van der Waals surface area contributed by atoms with Crippen molar-refractivity contribution < 1.29 is 0 Å². The van der Waals surface area contributed by atoms with Crippen molar-refractivity contribution in [1.29, 1.82) is 0 Å². The van der Waals surface area contributed by atoms with Gasteiger partial charge in [-0.3, -0.25) is 4.57 Å². The second kappa shape index (κ2) is 6.62. The lowest BCUT2D eigenvalue weighted by molar-refractivity contribution is 0.455. The van der Waals surface area contributed by atoms with E-state index in [4.69, 9.17) is 5.73 Å². The van der Waals surface area contributed by atoms with Crippen molar-refractivity contribution in [2.75, 3.05) is 24.6 Å². The summed E-state index contributed by atoms with van der Waals surface area (Å²) >= 11 is 1.96. The zero-order valence-electron chi connectivity index (χ0n) is 11.7. The molecule has 0 unspecified atom stereocenters. The summed E-state index contributed by atoms with van der Waals surface area (Å²) in [6.45, 7) is 2.47. The van der Waals surface area contributed by atoms with E-state index in [2.05, 4.69) is 19.9 Å². The van der Waals surface area contributed by atoms with E-state index in [1.807, 2.05) is 34.7 Å². The average molecular weight is 302 g/mol. The third kappa shape index (κ3) is 3.36. The van der Waals surface area contributed by atoms with Gasteiger partial charge in [-0.25, -0.2) is 15.0 Å². The Bertz CT molecular complexity index is 604. The normalized spacial score (nSPS) is 16.2. The van der Waals surface area contributed by atoms with Gasteiger partial charge in [-0.15, -0.1) is 0 Å². The number of hydrogen-bond acceptors (Lipinski definition) is 4. The first-order chi connectivity index (χ1) is 10.3. The quantitative estimate of drug-likeness (QED) is 0.680. The minimum atomic E-state index is 0.525. The molecular formula is C14H18N6S. The molecule has 2 N–H and O–H groups in total. The molecule has 1 aliphatic heterocycles. The van der Waals surface area contributed by atoms with E-state index in [0.29, 0.717) is 12.5 Å². The standard InChI is InChI=1S/C14H18N6S/c15-14(19-6-8-21-9-7-19)18-10-12-2-1-3-17-13(12)20-5-4-16-11-20/h1-5,11H,6-10H2,(H2,15,18). The van der Waals surface area contributed by atoms with Gasteiger partial charge < -0.3 is 10.6 Å². The summed E-state index contributed by atoms with van der Waals surface area (Å²) in [7, 11) is 0. The SMILES string of the molecule is NC(=NCc1cccnc1-n1ccnc1)N1CCSCC1. The van der Waals surface area contributed by atoms with Crippen molar-refractivity contribution in [3.8, 4) is 5.82 Å². The molecule has 110 valence electrons. The van der Waals surface area contributed by atoms with E-state index in [-0.39, 0.29) is 0 Å². The van der Waals surface area contributed by atoms with Crippen LogP contribution in [0.2, 0.25) is 0 Å². The van der Waals surface area contributed by atoms with Gasteiger partial charge in [-0.1, -0.05) is 6.07 Å². The number of imidazole rings is 1. The fourth-order valence-corrected chi connectivity index (χ4v) is 3.13. The molecule has 3 rings (SSSR count). The van der Waals surface area contributed by atoms with Crippen LogP contribution in [0.1, 0.15) is 5.56 Å². The number of nitrogens with two attached hydrogens (primary N) is 1. The van der Waals surface area contributed by atoms with Crippen molar-refractivity contribution in [1.82, 2.24) is 19.4 Å². The average Bonchev–Trinajstić information content (AvgIpc) is 3.08. The molecule has 0 atom stereocenters. The Morgan fingerprint density at radius 2 is 2.19 bits per heavy atom. The number of rotatable bonds is 3. The molecule has 0 amide bonds. The lowest BCUT2D eigenvalue weighted by atomic mass is 10.2. The van der Waals surface area contributed by atoms with E-state index in [0.717, 1.165) is 36.0 Å². The first kappa shape index (κ1) is 13.9. The molecule has 2 aromatic heterocycles. The highest BCUT2D eigenvalue weighted by Crippen LogP contribution is 2.13. The van der Waals surface area contributed by atoms with Crippen LogP contribution in [0.15, 0.2) is 42.0 Å². The number of hydrogen-bond donors (Lipinski definition) is 1. The fourth-order valence-electron chi connectivity index (χ4n) is 2.23. The molecule has 0 spiro atoms. The summed E-state index contributed by atoms with van der Waals surface area (Å²) in [6, 6.07) is 3.93. The lowest BCUT2D eigenvalue weighted by Gasteiger charge is -2.27. The molecule has 3 heterocycles. The fraction of sp³-hybridized carbons (Fsp3) is 0.357. The summed E-state index contributed by atoms with van der Waals surface area (Å²) in [4.78, 5) is 15.1. The predicted octanol–water partition coefficient (Wildman–Crippen LogP) is 1.13. The van der Waals surface area contributed by atoms with Gasteiger partial charge in [0.25, 0.3) is 0 Å². The second-order valence-corrected chi connectivity index (χ2v) is 5.95. The molecule has 0 radical (unpaired) electrons. The molecule has 0 bridgehead atoms. The van der Waals surface area contributed by atoms with Gasteiger partial charge in [0.1, 0.15) is 12.1 Å². The maximum atomic E-state index is 6.09. The number of aromatic nitrogens is 3. The Morgan fingerprint density at radius 1 is 1.33 bits per heavy atom. The monoisotopic (exact) mass is 302 g/mol. The topological polar surface area (TPSA) is 72.3 Å². The highest BCUT2D eigenvalue weighted by Gasteiger charge is 2.12. The molecule has 1 fully saturated rings. The van der Waals surface area contributed by atoms with Gasteiger partial charge >= 0.3 is 0 Å². The smallest absolute Gasteiger partial charge is 0.191 e. The van der Waals surface area contributed by atoms with Crippen LogP contribution >= 0.6 is 11.8 Å². The third-order valence-electron chi connectivity index (χ3n) is 3.36. The van der Waals surface area contributed by atoms with Crippen LogP contribution in [0, 0.1) is 0 Å². The Hall–Kier alpha value is -2.02. The number of aliphatic imine (C=N–C) groups is 1. The van der Waals surface area contributed by atoms with E-state index >= 15 is 0 Å². The van der Waals surface area contributed by atoms with Crippen molar-refractivity contribution in [2.24, 2.45) is 10.7 Å². The van der Waals surface area contributed by atoms with Crippen LogP contribution in [0.4, 0.5) is 0 Å². The Labute approximate surface area is 128 Å². The maximum absolute atomic E-state index is 6.09. The van der Waals surface area contributed by atoms with Crippen molar-refractivity contribution >= 4 is 17.7 Å². The van der Waals surface area contributed by atoms with Crippen LogP contribution in [-0.2, 0) is 6.54 Å². The minimum absolute atomic E-state index is 0.525. The number of pyridine rings is 1. The molecule has 21 heavy (non-hydrogen) atoms. The first-order valence-corrected chi connectivity index (χ1v) is 8.05. The second-order valence-electron chi connectivity index (χ2n) is 4.73. The predicted molar refractivity (Wildman–Crippen MR) is 85.6 cm³/mol. The number of guanidine groups is 1. The number of nitrogens with zero attached hydrogens (tertiary/aromatic N) is 5. The number of thioether (sulfide) groups is 1. The van der Waals surface area contributed by atoms with Crippen LogP contribution in [0.3, 0.4) is 0 Å².